The van der Waals surface area contributed by atoms with Gasteiger partial charge in [0.1, 0.15) is 5.22 Å². The van der Waals surface area contributed by atoms with E-state index < -0.39 is 8.56 Å². The Bertz CT molecular complexity index is 246. The second-order valence-corrected chi connectivity index (χ2v) is 8.53. The molecular formula is C14H30O4Si. The van der Waals surface area contributed by atoms with E-state index in [1.54, 1.807) is 34.3 Å². The molecule has 1 aliphatic heterocycles. The summed E-state index contributed by atoms with van der Waals surface area (Å²) in [7, 11) is 3.22. The Kier molecular flexibility index (Phi) is 9.34. The van der Waals surface area contributed by atoms with E-state index in [9.17, 15) is 0 Å². The van der Waals surface area contributed by atoms with Crippen LogP contribution in [0.15, 0.2) is 12.3 Å². The van der Waals surface area contributed by atoms with Crippen LogP contribution in [0.1, 0.15) is 46.0 Å². The molecule has 1 heterocycles. The third-order valence-corrected chi connectivity index (χ3v) is 8.31. The normalized spacial score (nSPS) is 25.9. The Morgan fingerprint density at radius 2 is 1.79 bits per heavy atom. The molecule has 1 unspecified atom stereocenters. The molecule has 1 aliphatic rings. The molecular weight excluding hydrogens is 260 g/mol. The number of hydrogen-bond donors (Lipinski definition) is 1. The first kappa shape index (κ1) is 18.6. The van der Waals surface area contributed by atoms with Crippen LogP contribution in [-0.4, -0.2) is 40.2 Å². The van der Waals surface area contributed by atoms with E-state index >= 15 is 0 Å². The Morgan fingerprint density at radius 1 is 1.21 bits per heavy atom. The third-order valence-electron chi connectivity index (χ3n) is 3.88. The summed E-state index contributed by atoms with van der Waals surface area (Å²) in [5, 5.41) is 7.57. The van der Waals surface area contributed by atoms with Crippen molar-refractivity contribution in [1.29, 1.82) is 0 Å². The van der Waals surface area contributed by atoms with Crippen molar-refractivity contribution in [1.82, 2.24) is 0 Å². The number of hydrogen-bond acceptors (Lipinski definition) is 4. The topological polar surface area (TPSA) is 47.9 Å². The van der Waals surface area contributed by atoms with Gasteiger partial charge in [0.25, 0.3) is 0 Å². The van der Waals surface area contributed by atoms with Crippen molar-refractivity contribution in [3.8, 4) is 0 Å². The lowest BCUT2D eigenvalue weighted by Crippen LogP contribution is -2.64. The zero-order valence-corrected chi connectivity index (χ0v) is 14.1. The van der Waals surface area contributed by atoms with Gasteiger partial charge in [-0.1, -0.05) is 32.3 Å². The van der Waals surface area contributed by atoms with Gasteiger partial charge in [-0.25, -0.2) is 0 Å². The third kappa shape index (κ3) is 4.31. The molecule has 1 fully saturated rings. The van der Waals surface area contributed by atoms with Gasteiger partial charge in [0.05, 0.1) is 6.26 Å². The highest BCUT2D eigenvalue weighted by Gasteiger charge is 2.58. The van der Waals surface area contributed by atoms with Gasteiger partial charge < -0.3 is 18.7 Å². The van der Waals surface area contributed by atoms with Gasteiger partial charge in [0, 0.05) is 21.3 Å². The van der Waals surface area contributed by atoms with E-state index in [1.807, 2.05) is 0 Å². The molecule has 0 aromatic rings. The summed E-state index contributed by atoms with van der Waals surface area (Å²) < 4.78 is 17.4. The molecule has 0 amide bonds. The Morgan fingerprint density at radius 3 is 2.16 bits per heavy atom. The van der Waals surface area contributed by atoms with E-state index in [0.717, 1.165) is 31.6 Å². The molecule has 0 aliphatic carbocycles. The van der Waals surface area contributed by atoms with Crippen molar-refractivity contribution in [2.45, 2.75) is 57.2 Å². The molecule has 0 aromatic heterocycles. The lowest BCUT2D eigenvalue weighted by Gasteiger charge is -2.47. The van der Waals surface area contributed by atoms with Crippen LogP contribution in [0.4, 0.5) is 0 Å². The number of methoxy groups -OCH3 is 1. The fraction of sp³-hybridized carbons (Fsp3) is 0.857. The Labute approximate surface area is 119 Å². The first-order valence-electron chi connectivity index (χ1n) is 7.02. The SMILES string of the molecule is CC=CO.CCCC1(OC)CCCC[Si]1(OC)OC. The van der Waals surface area contributed by atoms with Crippen LogP contribution in [0.5, 0.6) is 0 Å². The highest BCUT2D eigenvalue weighted by Crippen LogP contribution is 2.42. The highest BCUT2D eigenvalue weighted by molar-refractivity contribution is 6.70. The summed E-state index contributed by atoms with van der Waals surface area (Å²) in [6, 6.07) is 1.06. The molecule has 1 saturated heterocycles. The molecule has 5 heteroatoms. The molecule has 4 nitrogen and oxygen atoms in total. The standard InChI is InChI=1S/C11H24O3Si.C3H6O/c1-5-8-11(12-2)9-6-7-10-15(11,13-3)14-4;1-2-3-4/h5-10H2,1-4H3;2-4H,1H3. The summed E-state index contributed by atoms with van der Waals surface area (Å²) in [4.78, 5) is 0. The minimum Gasteiger partial charge on any atom is -0.516 e. The first-order chi connectivity index (χ1) is 9.11. The van der Waals surface area contributed by atoms with Crippen LogP contribution in [0.3, 0.4) is 0 Å². The summed E-state index contributed by atoms with van der Waals surface area (Å²) in [5.41, 5.74) is 0. The maximum absolute atomic E-state index is 7.69. The molecule has 1 atom stereocenters. The van der Waals surface area contributed by atoms with Gasteiger partial charge >= 0.3 is 8.56 Å². The van der Waals surface area contributed by atoms with Crippen molar-refractivity contribution in [3.63, 3.8) is 0 Å². The number of allylic oxidation sites excluding steroid dienone is 1. The highest BCUT2D eigenvalue weighted by atomic mass is 28.4. The monoisotopic (exact) mass is 290 g/mol. The predicted octanol–water partition coefficient (Wildman–Crippen LogP) is 3.71. The van der Waals surface area contributed by atoms with Gasteiger partial charge in [-0.3, -0.25) is 0 Å². The van der Waals surface area contributed by atoms with Crippen molar-refractivity contribution in [2.75, 3.05) is 21.3 Å². The minimum absolute atomic E-state index is 0.122. The quantitative estimate of drug-likeness (QED) is 0.619. The van der Waals surface area contributed by atoms with E-state index in [2.05, 4.69) is 6.92 Å². The van der Waals surface area contributed by atoms with Gasteiger partial charge in [-0.15, -0.1) is 0 Å². The van der Waals surface area contributed by atoms with Crippen molar-refractivity contribution in [2.24, 2.45) is 0 Å². The number of rotatable bonds is 5. The average Bonchev–Trinajstić information content (AvgIpc) is 2.48. The molecule has 0 saturated carbocycles. The van der Waals surface area contributed by atoms with Crippen molar-refractivity contribution < 1.29 is 18.7 Å². The van der Waals surface area contributed by atoms with Crippen LogP contribution in [0.2, 0.25) is 6.04 Å². The van der Waals surface area contributed by atoms with Gasteiger partial charge in [0.2, 0.25) is 0 Å². The molecule has 1 rings (SSSR count). The molecule has 1 N–H and O–H groups in total. The lowest BCUT2D eigenvalue weighted by atomic mass is 10.1. The number of ether oxygens (including phenoxy) is 1. The maximum Gasteiger partial charge on any atom is 0.370 e. The summed E-state index contributed by atoms with van der Waals surface area (Å²) >= 11 is 0. The molecule has 0 aromatic carbocycles. The van der Waals surface area contributed by atoms with Crippen LogP contribution in [0.25, 0.3) is 0 Å². The van der Waals surface area contributed by atoms with Crippen molar-refractivity contribution in [3.05, 3.63) is 12.3 Å². The zero-order chi connectivity index (χ0) is 14.8. The van der Waals surface area contributed by atoms with Gasteiger partial charge in [0.15, 0.2) is 0 Å². The average molecular weight is 290 g/mol. The minimum atomic E-state index is -2.15. The second-order valence-electron chi connectivity index (χ2n) is 4.80. The first-order valence-corrected chi connectivity index (χ1v) is 9.05. The molecule has 0 spiro atoms. The van der Waals surface area contributed by atoms with E-state index in [4.69, 9.17) is 18.7 Å². The molecule has 114 valence electrons. The summed E-state index contributed by atoms with van der Waals surface area (Å²) in [6.07, 6.45) is 8.26. The van der Waals surface area contributed by atoms with E-state index in [0.29, 0.717) is 0 Å². The van der Waals surface area contributed by atoms with Crippen LogP contribution in [0, 0.1) is 0 Å². The van der Waals surface area contributed by atoms with E-state index in [-0.39, 0.29) is 5.22 Å². The van der Waals surface area contributed by atoms with Crippen molar-refractivity contribution >= 4 is 8.56 Å². The fourth-order valence-electron chi connectivity index (χ4n) is 2.92. The number of aliphatic hydroxyl groups excluding tert-OH is 1. The molecule has 0 radical (unpaired) electrons. The largest absolute Gasteiger partial charge is 0.516 e. The summed E-state index contributed by atoms with van der Waals surface area (Å²) in [5.74, 6) is 0. The zero-order valence-electron chi connectivity index (χ0n) is 13.1. The van der Waals surface area contributed by atoms with Gasteiger partial charge in [-0.05, 0) is 25.8 Å². The predicted molar refractivity (Wildman–Crippen MR) is 80.5 cm³/mol. The van der Waals surface area contributed by atoms with Gasteiger partial charge in [-0.2, -0.15) is 0 Å². The van der Waals surface area contributed by atoms with Crippen LogP contribution < -0.4 is 0 Å². The Balaban J connectivity index is 0.000000711. The lowest BCUT2D eigenvalue weighted by molar-refractivity contribution is -0.0149. The molecule has 0 bridgehead atoms. The fourth-order valence-corrected chi connectivity index (χ4v) is 6.91. The molecule has 19 heavy (non-hydrogen) atoms. The second kappa shape index (κ2) is 9.53. The van der Waals surface area contributed by atoms with E-state index in [1.165, 1.54) is 12.8 Å². The summed E-state index contributed by atoms with van der Waals surface area (Å²) in [6.45, 7) is 3.94. The van der Waals surface area contributed by atoms with Crippen LogP contribution in [-0.2, 0) is 13.6 Å². The maximum atomic E-state index is 7.69. The number of aliphatic hydroxyl groups is 1. The Hall–Kier alpha value is -0.363. The van der Waals surface area contributed by atoms with Crippen LogP contribution >= 0.6 is 0 Å². The smallest absolute Gasteiger partial charge is 0.370 e.